The predicted molar refractivity (Wildman–Crippen MR) is 92.7 cm³/mol. The first-order valence-electron chi connectivity index (χ1n) is 8.00. The second-order valence-electron chi connectivity index (χ2n) is 5.70. The summed E-state index contributed by atoms with van der Waals surface area (Å²) in [6.07, 6.45) is 6.86. The van der Waals surface area contributed by atoms with Gasteiger partial charge in [-0.2, -0.15) is 0 Å². The number of aromatic nitrogens is 2. The molecular weight excluding hydrogens is 304 g/mol. The van der Waals surface area contributed by atoms with Crippen molar-refractivity contribution < 1.29 is 4.79 Å². The van der Waals surface area contributed by atoms with Gasteiger partial charge in [-0.1, -0.05) is 42.5 Å². The number of hydrogen-bond donors (Lipinski definition) is 1. The third-order valence-electron chi connectivity index (χ3n) is 4.08. The maximum atomic E-state index is 12.4. The summed E-state index contributed by atoms with van der Waals surface area (Å²) in [7, 11) is 0. The molecule has 1 aromatic heterocycles. The molecule has 0 atom stereocenters. The molecule has 1 N–H and O–H groups in total. The van der Waals surface area contributed by atoms with Gasteiger partial charge < -0.3 is 9.88 Å². The van der Waals surface area contributed by atoms with Crippen LogP contribution in [0.3, 0.4) is 0 Å². The first-order chi connectivity index (χ1) is 11.7. The van der Waals surface area contributed by atoms with Crippen molar-refractivity contribution in [2.45, 2.75) is 0 Å². The number of carbonyl (C=O) groups is 1. The Hall–Kier alpha value is -2.73. The lowest BCUT2D eigenvalue weighted by atomic mass is 10.2. The van der Waals surface area contributed by atoms with Gasteiger partial charge in [-0.3, -0.25) is 14.5 Å². The van der Waals surface area contributed by atoms with Crippen LogP contribution in [0.1, 0.15) is 15.9 Å². The minimum absolute atomic E-state index is 0.106. The highest BCUT2D eigenvalue weighted by atomic mass is 16.2. The molecule has 0 aliphatic carbocycles. The number of hydrogen-bond acceptors (Lipinski definition) is 4. The highest BCUT2D eigenvalue weighted by molar-refractivity contribution is 5.93. The van der Waals surface area contributed by atoms with Crippen molar-refractivity contribution in [1.82, 2.24) is 19.8 Å². The van der Waals surface area contributed by atoms with Crippen molar-refractivity contribution in [3.05, 3.63) is 70.4 Å². The van der Waals surface area contributed by atoms with Crippen LogP contribution in [0.15, 0.2) is 53.7 Å². The van der Waals surface area contributed by atoms with Crippen LogP contribution in [-0.2, 0) is 0 Å². The molecule has 1 saturated heterocycles. The predicted octanol–water partition coefficient (Wildman–Crippen LogP) is 1.24. The molecule has 1 fully saturated rings. The number of amides is 1. The van der Waals surface area contributed by atoms with Gasteiger partial charge in [0.15, 0.2) is 0 Å². The smallest absolute Gasteiger partial charge is 0.263 e. The van der Waals surface area contributed by atoms with Gasteiger partial charge in [-0.15, -0.1) is 0 Å². The number of rotatable bonds is 4. The van der Waals surface area contributed by atoms with E-state index in [2.05, 4.69) is 39.2 Å². The number of piperazine rings is 1. The van der Waals surface area contributed by atoms with Gasteiger partial charge in [-0.05, 0) is 5.56 Å². The monoisotopic (exact) mass is 324 g/mol. The number of nitrogens with one attached hydrogen (secondary N) is 1. The van der Waals surface area contributed by atoms with E-state index in [0.717, 1.165) is 19.6 Å². The maximum Gasteiger partial charge on any atom is 0.263 e. The highest BCUT2D eigenvalue weighted by Crippen LogP contribution is 2.07. The molecule has 1 aliphatic rings. The van der Waals surface area contributed by atoms with Crippen molar-refractivity contribution in [3.63, 3.8) is 0 Å². The van der Waals surface area contributed by atoms with Crippen LogP contribution in [0.4, 0.5) is 0 Å². The van der Waals surface area contributed by atoms with E-state index < -0.39 is 0 Å². The number of nitrogens with zero attached hydrogens (tertiary/aromatic N) is 3. The van der Waals surface area contributed by atoms with Gasteiger partial charge in [0.25, 0.3) is 11.5 Å². The normalized spacial score (nSPS) is 15.8. The number of aromatic amines is 1. The second kappa shape index (κ2) is 7.70. The Morgan fingerprint density at radius 1 is 1.17 bits per heavy atom. The topological polar surface area (TPSA) is 69.3 Å². The van der Waals surface area contributed by atoms with Crippen LogP contribution < -0.4 is 5.56 Å². The minimum Gasteiger partial charge on any atom is -0.336 e. The third-order valence-corrected chi connectivity index (χ3v) is 4.08. The lowest BCUT2D eigenvalue weighted by Crippen LogP contribution is -2.49. The lowest BCUT2D eigenvalue weighted by molar-refractivity contribution is 0.0648. The van der Waals surface area contributed by atoms with Crippen molar-refractivity contribution in [2.75, 3.05) is 32.7 Å². The fraction of sp³-hybridized carbons (Fsp3) is 0.278. The van der Waals surface area contributed by atoms with Crippen LogP contribution in [0.5, 0.6) is 0 Å². The van der Waals surface area contributed by atoms with Gasteiger partial charge in [0.1, 0.15) is 5.56 Å². The lowest BCUT2D eigenvalue weighted by Gasteiger charge is -2.34. The molecule has 1 aliphatic heterocycles. The first-order valence-corrected chi connectivity index (χ1v) is 8.00. The van der Waals surface area contributed by atoms with E-state index in [1.54, 1.807) is 4.90 Å². The van der Waals surface area contributed by atoms with Crippen LogP contribution in [0.2, 0.25) is 0 Å². The van der Waals surface area contributed by atoms with E-state index in [-0.39, 0.29) is 17.0 Å². The molecule has 0 radical (unpaired) electrons. The van der Waals surface area contributed by atoms with Crippen LogP contribution in [0.25, 0.3) is 6.08 Å². The van der Waals surface area contributed by atoms with Crippen molar-refractivity contribution in [2.24, 2.45) is 0 Å². The SMILES string of the molecule is O=C(c1cnc[nH]c1=O)N1CCN(C/C=C/c2ccccc2)CC1. The van der Waals surface area contributed by atoms with Gasteiger partial charge >= 0.3 is 0 Å². The molecule has 0 bridgehead atoms. The molecule has 24 heavy (non-hydrogen) atoms. The fourth-order valence-electron chi connectivity index (χ4n) is 2.70. The summed E-state index contributed by atoms with van der Waals surface area (Å²) in [5, 5.41) is 0. The molecular formula is C18H20N4O2. The zero-order valence-corrected chi connectivity index (χ0v) is 13.4. The summed E-state index contributed by atoms with van der Waals surface area (Å²) in [6, 6.07) is 10.2. The number of carbonyl (C=O) groups excluding carboxylic acids is 1. The van der Waals surface area contributed by atoms with E-state index in [4.69, 9.17) is 0 Å². The summed E-state index contributed by atoms with van der Waals surface area (Å²) in [4.78, 5) is 34.3. The molecule has 124 valence electrons. The largest absolute Gasteiger partial charge is 0.336 e. The Labute approximate surface area is 140 Å². The Kier molecular flexibility index (Phi) is 5.18. The Balaban J connectivity index is 1.51. The summed E-state index contributed by atoms with van der Waals surface area (Å²) in [5.41, 5.74) is 0.903. The van der Waals surface area contributed by atoms with Gasteiger partial charge in [0.05, 0.1) is 6.33 Å². The van der Waals surface area contributed by atoms with Crippen LogP contribution in [0, 0.1) is 0 Å². The molecule has 2 heterocycles. The van der Waals surface area contributed by atoms with Crippen molar-refractivity contribution in [3.8, 4) is 0 Å². The average Bonchev–Trinajstić information content (AvgIpc) is 2.63. The van der Waals surface area contributed by atoms with E-state index in [9.17, 15) is 9.59 Å². The van der Waals surface area contributed by atoms with E-state index in [0.29, 0.717) is 13.1 Å². The van der Waals surface area contributed by atoms with E-state index in [1.165, 1.54) is 18.1 Å². The zero-order chi connectivity index (χ0) is 16.8. The van der Waals surface area contributed by atoms with Crippen molar-refractivity contribution in [1.29, 1.82) is 0 Å². The number of H-pyrrole nitrogens is 1. The molecule has 3 rings (SSSR count). The highest BCUT2D eigenvalue weighted by Gasteiger charge is 2.23. The molecule has 0 unspecified atom stereocenters. The Morgan fingerprint density at radius 2 is 1.92 bits per heavy atom. The second-order valence-corrected chi connectivity index (χ2v) is 5.70. The number of benzene rings is 1. The van der Waals surface area contributed by atoms with Gasteiger partial charge in [0, 0.05) is 38.9 Å². The minimum atomic E-state index is -0.386. The molecule has 0 saturated carbocycles. The summed E-state index contributed by atoms with van der Waals surface area (Å²) in [5.74, 6) is -0.246. The first kappa shape index (κ1) is 16.1. The third kappa shape index (κ3) is 3.97. The molecule has 2 aromatic rings. The van der Waals surface area contributed by atoms with Crippen molar-refractivity contribution >= 4 is 12.0 Å². The fourth-order valence-corrected chi connectivity index (χ4v) is 2.70. The van der Waals surface area contributed by atoms with Crippen LogP contribution in [-0.4, -0.2) is 58.4 Å². The Morgan fingerprint density at radius 3 is 2.62 bits per heavy atom. The maximum absolute atomic E-state index is 12.4. The standard InChI is InChI=1S/C18H20N4O2/c23-17-16(13-19-14-20-17)18(24)22-11-9-21(10-12-22)8-4-7-15-5-2-1-3-6-15/h1-7,13-14H,8-12H2,(H,19,20,23)/b7-4+. The van der Waals surface area contributed by atoms with Crippen LogP contribution >= 0.6 is 0 Å². The van der Waals surface area contributed by atoms with Gasteiger partial charge in [0.2, 0.25) is 0 Å². The molecule has 6 nitrogen and oxygen atoms in total. The average molecular weight is 324 g/mol. The molecule has 0 spiro atoms. The van der Waals surface area contributed by atoms with E-state index in [1.807, 2.05) is 18.2 Å². The summed E-state index contributed by atoms with van der Waals surface area (Å²) in [6.45, 7) is 3.68. The molecule has 6 heteroatoms. The quantitative estimate of drug-likeness (QED) is 0.919. The Bertz CT molecular complexity index is 762. The molecule has 1 amide bonds. The summed E-state index contributed by atoms with van der Waals surface area (Å²) < 4.78 is 0. The summed E-state index contributed by atoms with van der Waals surface area (Å²) >= 11 is 0. The molecule has 1 aromatic carbocycles. The van der Waals surface area contributed by atoms with Gasteiger partial charge in [-0.25, -0.2) is 4.98 Å². The zero-order valence-electron chi connectivity index (χ0n) is 13.4. The van der Waals surface area contributed by atoms with E-state index >= 15 is 0 Å².